The minimum Gasteiger partial charge on any atom is -0.798 e. The van der Waals surface area contributed by atoms with Crippen LogP contribution >= 0.6 is 7.37 Å². The molecule has 0 bridgehead atoms. The Bertz CT molecular complexity index is 510. The summed E-state index contributed by atoms with van der Waals surface area (Å²) in [6, 6.07) is 7.84. The first-order chi connectivity index (χ1) is 8.94. The molecule has 0 N–H and O–H groups in total. The molecule has 0 radical (unpaired) electrons. The van der Waals surface area contributed by atoms with Crippen molar-refractivity contribution in [1.29, 1.82) is 0 Å². The smallest absolute Gasteiger partial charge is 0.798 e. The molecular formula is C14H19NNaO3P. The number of hydrogen-bond acceptors (Lipinski definition) is 3. The summed E-state index contributed by atoms with van der Waals surface area (Å²) in [5.41, 5.74) is 1.88. The molecular weight excluding hydrogens is 284 g/mol. The van der Waals surface area contributed by atoms with Crippen LogP contribution in [0.25, 0.3) is 0 Å². The van der Waals surface area contributed by atoms with Gasteiger partial charge in [0.1, 0.15) is 0 Å². The Balaban J connectivity index is 0.00000200. The first-order valence-electron chi connectivity index (χ1n) is 6.56. The second-order valence-corrected chi connectivity index (χ2v) is 7.54. The zero-order chi connectivity index (χ0) is 14.0. The van der Waals surface area contributed by atoms with Crippen molar-refractivity contribution in [3.63, 3.8) is 0 Å². The van der Waals surface area contributed by atoms with Crippen molar-refractivity contribution in [3.05, 3.63) is 35.4 Å². The van der Waals surface area contributed by atoms with Crippen LogP contribution in [0.5, 0.6) is 0 Å². The molecule has 0 aliphatic heterocycles. The van der Waals surface area contributed by atoms with Crippen molar-refractivity contribution in [2.24, 2.45) is 0 Å². The summed E-state index contributed by atoms with van der Waals surface area (Å²) >= 11 is 0. The maximum atomic E-state index is 12.4. The minimum absolute atomic E-state index is 0. The molecule has 0 saturated carbocycles. The van der Waals surface area contributed by atoms with Crippen molar-refractivity contribution in [2.45, 2.75) is 32.3 Å². The summed E-state index contributed by atoms with van der Waals surface area (Å²) in [7, 11) is -3.59. The Labute approximate surface area is 142 Å². The van der Waals surface area contributed by atoms with E-state index < -0.39 is 7.37 Å². The third-order valence-electron chi connectivity index (χ3n) is 3.78. The van der Waals surface area contributed by atoms with Gasteiger partial charge in [0.15, 0.2) is 0 Å². The predicted octanol–water partition coefficient (Wildman–Crippen LogP) is -1.38. The Hall–Kier alpha value is -0.120. The molecule has 1 aliphatic carbocycles. The summed E-state index contributed by atoms with van der Waals surface area (Å²) in [6.45, 7) is 3.64. The summed E-state index contributed by atoms with van der Waals surface area (Å²) < 4.78 is 12.4. The van der Waals surface area contributed by atoms with Crippen LogP contribution in [0, 0.1) is 0 Å². The molecule has 6 heteroatoms. The average Bonchev–Trinajstić information content (AvgIpc) is 2.80. The van der Waals surface area contributed by atoms with Crippen LogP contribution in [0.15, 0.2) is 24.3 Å². The quantitative estimate of drug-likeness (QED) is 0.509. The van der Waals surface area contributed by atoms with Gasteiger partial charge in [-0.3, -0.25) is 4.79 Å². The normalized spacial score (nSPS) is 16.9. The van der Waals surface area contributed by atoms with Crippen LogP contribution in [0.2, 0.25) is 0 Å². The van der Waals surface area contributed by atoms with Gasteiger partial charge in [-0.05, 0) is 30.9 Å². The first-order valence-corrected chi connectivity index (χ1v) is 8.44. The van der Waals surface area contributed by atoms with E-state index in [-0.39, 0.29) is 47.4 Å². The molecule has 1 aliphatic rings. The van der Waals surface area contributed by atoms with Gasteiger partial charge in [-0.1, -0.05) is 24.3 Å². The van der Waals surface area contributed by atoms with E-state index in [0.717, 1.165) is 11.1 Å². The number of carbonyl (C=O) groups is 1. The van der Waals surface area contributed by atoms with Gasteiger partial charge in [0.05, 0.1) is 6.29 Å². The SMILES string of the molecule is CCN(CP(=O)([O-])C1Cc2ccccc2C1)C(C)=O.[Na+]. The number of nitrogens with zero attached hydrogens (tertiary/aromatic N) is 1. The Morgan fingerprint density at radius 1 is 1.35 bits per heavy atom. The predicted molar refractivity (Wildman–Crippen MR) is 73.2 cm³/mol. The Morgan fingerprint density at radius 3 is 2.25 bits per heavy atom. The van der Waals surface area contributed by atoms with Crippen molar-refractivity contribution in [1.82, 2.24) is 4.90 Å². The monoisotopic (exact) mass is 303 g/mol. The second kappa shape index (κ2) is 7.24. The molecule has 2 rings (SSSR count). The van der Waals surface area contributed by atoms with Crippen LogP contribution in [0.4, 0.5) is 0 Å². The van der Waals surface area contributed by atoms with Gasteiger partial charge in [-0.15, -0.1) is 0 Å². The van der Waals surface area contributed by atoms with Gasteiger partial charge in [-0.25, -0.2) is 0 Å². The fraction of sp³-hybridized carbons (Fsp3) is 0.500. The van der Waals surface area contributed by atoms with Gasteiger partial charge < -0.3 is 14.4 Å². The number of amides is 1. The number of hydrogen-bond donors (Lipinski definition) is 0. The Kier molecular flexibility index (Phi) is 6.49. The maximum Gasteiger partial charge on any atom is 1.00 e. The van der Waals surface area contributed by atoms with E-state index in [0.29, 0.717) is 19.4 Å². The van der Waals surface area contributed by atoms with Crippen LogP contribution in [-0.2, 0) is 22.2 Å². The molecule has 0 heterocycles. The largest absolute Gasteiger partial charge is 1.00 e. The fourth-order valence-corrected chi connectivity index (χ4v) is 4.65. The third-order valence-corrected chi connectivity index (χ3v) is 5.99. The summed E-state index contributed by atoms with van der Waals surface area (Å²) in [6.07, 6.45) is 1.01. The van der Waals surface area contributed by atoms with E-state index in [2.05, 4.69) is 0 Å². The van der Waals surface area contributed by atoms with Crippen LogP contribution in [0.1, 0.15) is 25.0 Å². The average molecular weight is 303 g/mol. The molecule has 0 spiro atoms. The standard InChI is InChI=1S/C14H20NO3P.Na/c1-3-15(11(2)16)10-19(17,18)14-8-12-6-4-5-7-13(12)9-14;/h4-7,14H,3,8-10H2,1-2H3,(H,17,18);/q;+1/p-1. The van der Waals surface area contributed by atoms with Gasteiger partial charge in [0.25, 0.3) is 0 Å². The number of benzene rings is 1. The molecule has 1 atom stereocenters. The van der Waals surface area contributed by atoms with Gasteiger partial charge in [0.2, 0.25) is 5.91 Å². The summed E-state index contributed by atoms with van der Waals surface area (Å²) in [5.74, 6) is -0.186. The molecule has 1 aromatic rings. The minimum atomic E-state index is -3.59. The Morgan fingerprint density at radius 2 is 1.85 bits per heavy atom. The molecule has 0 saturated heterocycles. The third kappa shape index (κ3) is 3.96. The summed E-state index contributed by atoms with van der Waals surface area (Å²) in [5, 5.41) is 0. The number of rotatable bonds is 4. The fourth-order valence-electron chi connectivity index (χ4n) is 2.59. The second-order valence-electron chi connectivity index (χ2n) is 5.07. The van der Waals surface area contributed by atoms with Gasteiger partial charge in [-0.2, -0.15) is 0 Å². The van der Waals surface area contributed by atoms with E-state index in [9.17, 15) is 14.3 Å². The molecule has 4 nitrogen and oxygen atoms in total. The summed E-state index contributed by atoms with van der Waals surface area (Å²) in [4.78, 5) is 25.1. The van der Waals surface area contributed by atoms with E-state index in [4.69, 9.17) is 0 Å². The number of carbonyl (C=O) groups excluding carboxylic acids is 1. The van der Waals surface area contributed by atoms with Crippen LogP contribution in [0.3, 0.4) is 0 Å². The van der Waals surface area contributed by atoms with E-state index in [1.54, 1.807) is 6.92 Å². The van der Waals surface area contributed by atoms with Gasteiger partial charge in [0, 0.05) is 26.5 Å². The van der Waals surface area contributed by atoms with Crippen molar-refractivity contribution < 1.29 is 43.8 Å². The molecule has 20 heavy (non-hydrogen) atoms. The molecule has 1 amide bonds. The van der Waals surface area contributed by atoms with E-state index in [1.807, 2.05) is 24.3 Å². The zero-order valence-electron chi connectivity index (χ0n) is 12.3. The van der Waals surface area contributed by atoms with Crippen LogP contribution in [-0.4, -0.2) is 29.3 Å². The van der Waals surface area contributed by atoms with Crippen molar-refractivity contribution >= 4 is 13.3 Å². The van der Waals surface area contributed by atoms with Crippen molar-refractivity contribution in [2.75, 3.05) is 12.8 Å². The molecule has 0 aromatic heterocycles. The molecule has 0 fully saturated rings. The first kappa shape index (κ1) is 17.9. The number of fused-ring (bicyclic) bond motifs is 1. The van der Waals surface area contributed by atoms with E-state index in [1.165, 1.54) is 11.8 Å². The maximum absolute atomic E-state index is 12.4. The van der Waals surface area contributed by atoms with Crippen LogP contribution < -0.4 is 34.5 Å². The van der Waals surface area contributed by atoms with Gasteiger partial charge >= 0.3 is 29.6 Å². The molecule has 1 aromatic carbocycles. The zero-order valence-corrected chi connectivity index (χ0v) is 15.2. The molecule has 1 unspecified atom stereocenters. The molecule has 104 valence electrons. The topological polar surface area (TPSA) is 60.4 Å². The van der Waals surface area contributed by atoms with Crippen molar-refractivity contribution in [3.8, 4) is 0 Å². The van der Waals surface area contributed by atoms with E-state index >= 15 is 0 Å².